The van der Waals surface area contributed by atoms with Crippen LogP contribution in [-0.2, 0) is 0 Å². The number of thiocarbonyl (C=S) groups is 1. The average Bonchev–Trinajstić information content (AvgIpc) is 1.64. The third kappa shape index (κ3) is 2.52. The molecular formula is C5H11NS2. The van der Waals surface area contributed by atoms with Gasteiger partial charge in [-0.15, -0.1) is 12.6 Å². The zero-order valence-corrected chi connectivity index (χ0v) is 7.09. The van der Waals surface area contributed by atoms with Crippen LogP contribution in [-0.4, -0.2) is 22.3 Å². The molecule has 0 N–H and O–H groups in total. The van der Waals surface area contributed by atoms with Gasteiger partial charge in [0.2, 0.25) is 0 Å². The van der Waals surface area contributed by atoms with Crippen LogP contribution in [0.2, 0.25) is 0 Å². The third-order valence-electron chi connectivity index (χ3n) is 1.08. The van der Waals surface area contributed by atoms with Gasteiger partial charge < -0.3 is 4.90 Å². The summed E-state index contributed by atoms with van der Waals surface area (Å²) in [4.78, 5) is 1.93. The molecule has 0 saturated carbocycles. The molecule has 0 heterocycles. The summed E-state index contributed by atoms with van der Waals surface area (Å²) >= 11 is 8.77. The van der Waals surface area contributed by atoms with Crippen molar-refractivity contribution in [3.05, 3.63) is 0 Å². The van der Waals surface area contributed by atoms with Gasteiger partial charge in [-0.3, -0.25) is 0 Å². The molecule has 0 saturated heterocycles. The molecule has 48 valence electrons. The maximum Gasteiger partial charge on any atom is 0.133 e. The second kappa shape index (κ2) is 3.30. The van der Waals surface area contributed by atoms with Crippen molar-refractivity contribution in [3.8, 4) is 0 Å². The lowest BCUT2D eigenvalue weighted by Gasteiger charge is -2.20. The fourth-order valence-electron chi connectivity index (χ4n) is 0.221. The van der Waals surface area contributed by atoms with Gasteiger partial charge in [0, 0.05) is 13.1 Å². The minimum absolute atomic E-state index is 0.458. The highest BCUT2D eigenvalue weighted by molar-refractivity contribution is 8.10. The molecule has 0 fully saturated rings. The molecule has 0 unspecified atom stereocenters. The molecule has 1 nitrogen and oxygen atoms in total. The number of rotatable bonds is 1. The largest absolute Gasteiger partial charge is 0.358 e. The highest BCUT2D eigenvalue weighted by Gasteiger charge is 2.01. The van der Waals surface area contributed by atoms with Crippen LogP contribution in [0.25, 0.3) is 0 Å². The highest BCUT2D eigenvalue weighted by Crippen LogP contribution is 1.97. The van der Waals surface area contributed by atoms with E-state index in [4.69, 9.17) is 12.2 Å². The molecule has 0 aliphatic carbocycles. The van der Waals surface area contributed by atoms with Gasteiger partial charge in [0.05, 0.1) is 0 Å². The van der Waals surface area contributed by atoms with Crippen molar-refractivity contribution in [2.45, 2.75) is 19.9 Å². The molecule has 0 amide bonds. The van der Waals surface area contributed by atoms with Crippen molar-refractivity contribution in [1.82, 2.24) is 4.90 Å². The van der Waals surface area contributed by atoms with Crippen molar-refractivity contribution < 1.29 is 0 Å². The van der Waals surface area contributed by atoms with Crippen molar-refractivity contribution >= 4 is 29.2 Å². The van der Waals surface area contributed by atoms with E-state index in [2.05, 4.69) is 26.5 Å². The lowest BCUT2D eigenvalue weighted by atomic mass is 10.4. The van der Waals surface area contributed by atoms with E-state index in [1.807, 2.05) is 11.9 Å². The van der Waals surface area contributed by atoms with Gasteiger partial charge >= 0.3 is 0 Å². The van der Waals surface area contributed by atoms with Crippen molar-refractivity contribution in [3.63, 3.8) is 0 Å². The standard InChI is InChI=1S/C5H11NS2/c1-4(2)6(3)5(7)8/h4H,1-3H3,(H,7,8). The van der Waals surface area contributed by atoms with Gasteiger partial charge in [-0.2, -0.15) is 0 Å². The average molecular weight is 149 g/mol. The number of thiol groups is 1. The van der Waals surface area contributed by atoms with Crippen LogP contribution in [0, 0.1) is 0 Å². The fourth-order valence-corrected chi connectivity index (χ4v) is 0.663. The van der Waals surface area contributed by atoms with Gasteiger partial charge in [0.1, 0.15) is 4.32 Å². The normalized spacial score (nSPS) is 9.62. The Morgan fingerprint density at radius 1 is 1.62 bits per heavy atom. The molecule has 0 bridgehead atoms. The van der Waals surface area contributed by atoms with E-state index in [1.165, 1.54) is 0 Å². The molecule has 0 aromatic heterocycles. The zero-order valence-electron chi connectivity index (χ0n) is 5.38. The van der Waals surface area contributed by atoms with Gasteiger partial charge in [0.15, 0.2) is 0 Å². The smallest absolute Gasteiger partial charge is 0.133 e. The summed E-state index contributed by atoms with van der Waals surface area (Å²) in [5.41, 5.74) is 0. The topological polar surface area (TPSA) is 3.24 Å². The Balaban J connectivity index is 3.64. The van der Waals surface area contributed by atoms with Crippen LogP contribution >= 0.6 is 24.8 Å². The Hall–Kier alpha value is 0.240. The number of hydrogen-bond acceptors (Lipinski definition) is 1. The number of nitrogens with zero attached hydrogens (tertiary/aromatic N) is 1. The maximum absolute atomic E-state index is 4.78. The van der Waals surface area contributed by atoms with E-state index in [1.54, 1.807) is 0 Å². The Morgan fingerprint density at radius 2 is 2.00 bits per heavy atom. The molecule has 0 radical (unpaired) electrons. The lowest BCUT2D eigenvalue weighted by molar-refractivity contribution is 0.432. The first-order valence-corrected chi connectivity index (χ1v) is 3.37. The van der Waals surface area contributed by atoms with Crippen LogP contribution in [0.15, 0.2) is 0 Å². The van der Waals surface area contributed by atoms with Crippen molar-refractivity contribution in [2.75, 3.05) is 7.05 Å². The second-order valence-corrected chi connectivity index (χ2v) is 3.10. The molecule has 0 aromatic carbocycles. The van der Waals surface area contributed by atoms with E-state index >= 15 is 0 Å². The first kappa shape index (κ1) is 8.24. The Morgan fingerprint density at radius 3 is 2.00 bits per heavy atom. The van der Waals surface area contributed by atoms with Crippen molar-refractivity contribution in [1.29, 1.82) is 0 Å². The maximum atomic E-state index is 4.78. The fraction of sp³-hybridized carbons (Fsp3) is 0.800. The SMILES string of the molecule is CC(C)N(C)C(=S)S. The second-order valence-electron chi connectivity index (χ2n) is 1.99. The minimum Gasteiger partial charge on any atom is -0.358 e. The summed E-state index contributed by atoms with van der Waals surface area (Å²) in [5.74, 6) is 0. The predicted molar refractivity (Wildman–Crippen MR) is 44.5 cm³/mol. The van der Waals surface area contributed by atoms with Gasteiger partial charge in [-0.25, -0.2) is 0 Å². The van der Waals surface area contributed by atoms with E-state index in [-0.39, 0.29) is 0 Å². The summed E-state index contributed by atoms with van der Waals surface area (Å²) in [7, 11) is 1.93. The third-order valence-corrected chi connectivity index (χ3v) is 1.68. The predicted octanol–water partition coefficient (Wildman–Crippen LogP) is 1.54. The molecule has 0 atom stereocenters. The Kier molecular flexibility index (Phi) is 3.40. The molecule has 8 heavy (non-hydrogen) atoms. The van der Waals surface area contributed by atoms with Crippen LogP contribution in [0.1, 0.15) is 13.8 Å². The first-order valence-electron chi connectivity index (χ1n) is 2.51. The van der Waals surface area contributed by atoms with E-state index < -0.39 is 0 Å². The Bertz CT molecular complexity index is 90.4. The number of hydrogen-bond donors (Lipinski definition) is 1. The van der Waals surface area contributed by atoms with Crippen LogP contribution < -0.4 is 0 Å². The van der Waals surface area contributed by atoms with Crippen LogP contribution in [0.5, 0.6) is 0 Å². The monoisotopic (exact) mass is 149 g/mol. The summed E-state index contributed by atoms with van der Waals surface area (Å²) in [6.07, 6.45) is 0. The van der Waals surface area contributed by atoms with Crippen molar-refractivity contribution in [2.24, 2.45) is 0 Å². The minimum atomic E-state index is 0.458. The van der Waals surface area contributed by atoms with Gasteiger partial charge in [0.25, 0.3) is 0 Å². The molecule has 0 aliphatic rings. The zero-order chi connectivity index (χ0) is 6.73. The van der Waals surface area contributed by atoms with Crippen LogP contribution in [0.3, 0.4) is 0 Å². The molecule has 0 rings (SSSR count). The van der Waals surface area contributed by atoms with Crippen LogP contribution in [0.4, 0.5) is 0 Å². The van der Waals surface area contributed by atoms with E-state index in [0.717, 1.165) is 0 Å². The Labute approximate surface area is 61.5 Å². The van der Waals surface area contributed by atoms with E-state index in [0.29, 0.717) is 10.4 Å². The summed E-state index contributed by atoms with van der Waals surface area (Å²) in [6, 6.07) is 0.458. The van der Waals surface area contributed by atoms with E-state index in [9.17, 15) is 0 Å². The first-order chi connectivity index (χ1) is 3.55. The molecule has 0 aliphatic heterocycles. The molecule has 0 aromatic rings. The molecule has 0 spiro atoms. The summed E-state index contributed by atoms with van der Waals surface area (Å²) in [6.45, 7) is 4.14. The quantitative estimate of drug-likeness (QED) is 0.445. The van der Waals surface area contributed by atoms with Gasteiger partial charge in [-0.05, 0) is 13.8 Å². The van der Waals surface area contributed by atoms with Gasteiger partial charge in [-0.1, -0.05) is 12.2 Å². The molecule has 3 heteroatoms. The summed E-state index contributed by atoms with van der Waals surface area (Å²) in [5, 5.41) is 0. The molecular weight excluding hydrogens is 138 g/mol. The summed E-state index contributed by atoms with van der Waals surface area (Å²) < 4.78 is 0.653. The lowest BCUT2D eigenvalue weighted by Crippen LogP contribution is -2.28. The highest BCUT2D eigenvalue weighted by atomic mass is 32.1.